The molecule has 0 aliphatic rings. The third-order valence-electron chi connectivity index (χ3n) is 3.64. The molecule has 0 fully saturated rings. The van der Waals surface area contributed by atoms with Crippen molar-refractivity contribution in [1.82, 2.24) is 20.1 Å². The number of sulfone groups is 1. The second-order valence-corrected chi connectivity index (χ2v) is 7.99. The van der Waals surface area contributed by atoms with Crippen LogP contribution >= 0.6 is 11.6 Å². The Morgan fingerprint density at radius 2 is 2.08 bits per heavy atom. The molecule has 2 heterocycles. The predicted molar refractivity (Wildman–Crippen MR) is 97.1 cm³/mol. The first-order valence-corrected chi connectivity index (χ1v) is 9.84. The number of halogens is 1. The minimum atomic E-state index is -3.33. The molecule has 3 aromatic rings. The van der Waals surface area contributed by atoms with Crippen LogP contribution in [0.4, 0.5) is 0 Å². The summed E-state index contributed by atoms with van der Waals surface area (Å²) in [6, 6.07) is 9.53. The van der Waals surface area contributed by atoms with Crippen LogP contribution < -0.4 is 5.32 Å². The number of pyridine rings is 1. The van der Waals surface area contributed by atoms with Gasteiger partial charge in [0.05, 0.1) is 10.5 Å². The van der Waals surface area contributed by atoms with E-state index in [0.717, 1.165) is 6.26 Å². The first-order chi connectivity index (χ1) is 12.3. The fourth-order valence-electron chi connectivity index (χ4n) is 2.24. The first kappa shape index (κ1) is 18.1. The van der Waals surface area contributed by atoms with Crippen LogP contribution in [0.3, 0.4) is 0 Å². The second kappa shape index (κ2) is 7.27. The molecule has 7 nitrogen and oxygen atoms in total. The zero-order valence-electron chi connectivity index (χ0n) is 13.8. The van der Waals surface area contributed by atoms with E-state index in [0.29, 0.717) is 16.9 Å². The number of amides is 1. The van der Waals surface area contributed by atoms with E-state index in [4.69, 9.17) is 11.6 Å². The maximum absolute atomic E-state index is 12.2. The molecule has 0 unspecified atom stereocenters. The highest BCUT2D eigenvalue weighted by atomic mass is 35.5. The van der Waals surface area contributed by atoms with E-state index in [1.807, 2.05) is 0 Å². The average Bonchev–Trinajstić information content (AvgIpc) is 3.14. The van der Waals surface area contributed by atoms with E-state index < -0.39 is 9.84 Å². The second-order valence-electron chi connectivity index (χ2n) is 5.56. The number of benzene rings is 1. The van der Waals surface area contributed by atoms with E-state index in [-0.39, 0.29) is 22.4 Å². The summed E-state index contributed by atoms with van der Waals surface area (Å²) in [6.45, 7) is 0.169. The summed E-state index contributed by atoms with van der Waals surface area (Å²) < 4.78 is 24.6. The fraction of sp³-hybridized carbons (Fsp3) is 0.118. The van der Waals surface area contributed by atoms with Crippen LogP contribution in [-0.4, -0.2) is 35.3 Å². The van der Waals surface area contributed by atoms with E-state index in [1.165, 1.54) is 18.3 Å². The number of nitrogens with zero attached hydrogens (tertiary/aromatic N) is 3. The van der Waals surface area contributed by atoms with Crippen molar-refractivity contribution in [3.05, 3.63) is 71.1 Å². The number of hydrogen-bond acceptors (Lipinski definition) is 5. The van der Waals surface area contributed by atoms with Gasteiger partial charge in [-0.3, -0.25) is 4.79 Å². The normalized spacial score (nSPS) is 11.3. The van der Waals surface area contributed by atoms with Crippen molar-refractivity contribution in [3.63, 3.8) is 0 Å². The maximum Gasteiger partial charge on any atom is 0.253 e. The monoisotopic (exact) mass is 390 g/mol. The number of carbonyl (C=O) groups is 1. The molecule has 9 heteroatoms. The van der Waals surface area contributed by atoms with Crippen molar-refractivity contribution in [2.24, 2.45) is 0 Å². The minimum Gasteiger partial charge on any atom is -0.348 e. The molecule has 1 aromatic carbocycles. The summed E-state index contributed by atoms with van der Waals surface area (Å²) >= 11 is 6.10. The fourth-order valence-corrected chi connectivity index (χ4v) is 3.20. The third kappa shape index (κ3) is 4.09. The lowest BCUT2D eigenvalue weighted by Crippen LogP contribution is -2.23. The van der Waals surface area contributed by atoms with Crippen LogP contribution in [0.15, 0.2) is 59.9 Å². The van der Waals surface area contributed by atoms with E-state index in [1.54, 1.807) is 41.3 Å². The molecule has 0 atom stereocenters. The highest BCUT2D eigenvalue weighted by Gasteiger charge is 2.12. The molecule has 1 amide bonds. The highest BCUT2D eigenvalue weighted by molar-refractivity contribution is 7.90. The largest absolute Gasteiger partial charge is 0.348 e. The van der Waals surface area contributed by atoms with E-state index in [9.17, 15) is 13.2 Å². The maximum atomic E-state index is 12.2. The summed E-state index contributed by atoms with van der Waals surface area (Å²) in [7, 11) is -3.33. The van der Waals surface area contributed by atoms with E-state index >= 15 is 0 Å². The Balaban J connectivity index is 1.67. The van der Waals surface area contributed by atoms with Gasteiger partial charge in [0.2, 0.25) is 0 Å². The van der Waals surface area contributed by atoms with Gasteiger partial charge >= 0.3 is 0 Å². The molecule has 134 valence electrons. The van der Waals surface area contributed by atoms with Gasteiger partial charge in [0.25, 0.3) is 5.91 Å². The lowest BCUT2D eigenvalue weighted by atomic mass is 10.2. The highest BCUT2D eigenvalue weighted by Crippen LogP contribution is 2.21. The van der Waals surface area contributed by atoms with Crippen LogP contribution in [0, 0.1) is 0 Å². The number of hydrogen-bond donors (Lipinski definition) is 1. The Labute approximate surface area is 155 Å². The molecule has 26 heavy (non-hydrogen) atoms. The summed E-state index contributed by atoms with van der Waals surface area (Å²) in [5.41, 5.74) is 1.01. The van der Waals surface area contributed by atoms with Gasteiger partial charge in [-0.15, -0.1) is 0 Å². The SMILES string of the molecule is CS(=O)(=O)c1ccc(CNC(=O)c2ccc(-n3cccn3)nc2)c(Cl)c1. The Kier molecular flexibility index (Phi) is 5.06. The van der Waals surface area contributed by atoms with Crippen LogP contribution in [0.2, 0.25) is 5.02 Å². The first-order valence-electron chi connectivity index (χ1n) is 7.57. The Hall–Kier alpha value is -2.71. The number of aromatic nitrogens is 3. The molecule has 2 aromatic heterocycles. The van der Waals surface area contributed by atoms with Gasteiger partial charge in [-0.2, -0.15) is 5.10 Å². The van der Waals surface area contributed by atoms with Gasteiger partial charge in [0, 0.05) is 36.4 Å². The quantitative estimate of drug-likeness (QED) is 0.721. The third-order valence-corrected chi connectivity index (χ3v) is 5.10. The molecule has 0 saturated carbocycles. The zero-order valence-corrected chi connectivity index (χ0v) is 15.3. The van der Waals surface area contributed by atoms with Crippen molar-refractivity contribution in [2.45, 2.75) is 11.4 Å². The summed E-state index contributed by atoms with van der Waals surface area (Å²) in [6.07, 6.45) is 5.96. The van der Waals surface area contributed by atoms with Crippen molar-refractivity contribution in [2.75, 3.05) is 6.26 Å². The van der Waals surface area contributed by atoms with Crippen molar-refractivity contribution in [3.8, 4) is 5.82 Å². The van der Waals surface area contributed by atoms with Gasteiger partial charge in [0.1, 0.15) is 0 Å². The van der Waals surface area contributed by atoms with Crippen LogP contribution in [0.5, 0.6) is 0 Å². The van der Waals surface area contributed by atoms with Crippen molar-refractivity contribution in [1.29, 1.82) is 0 Å². The summed E-state index contributed by atoms with van der Waals surface area (Å²) in [4.78, 5) is 16.6. The van der Waals surface area contributed by atoms with Crippen molar-refractivity contribution < 1.29 is 13.2 Å². The molecule has 0 spiro atoms. The smallest absolute Gasteiger partial charge is 0.253 e. The van der Waals surface area contributed by atoms with Gasteiger partial charge in [0.15, 0.2) is 15.7 Å². The topological polar surface area (TPSA) is 94.0 Å². The standard InChI is InChI=1S/C17H15ClN4O3S/c1-26(24,25)14-5-3-12(15(18)9-14)10-20-17(23)13-4-6-16(19-11-13)22-8-2-7-21-22/h2-9,11H,10H2,1H3,(H,20,23). The van der Waals surface area contributed by atoms with Crippen molar-refractivity contribution >= 4 is 27.3 Å². The Morgan fingerprint density at radius 1 is 1.27 bits per heavy atom. The van der Waals surface area contributed by atoms with Crippen LogP contribution in [-0.2, 0) is 16.4 Å². The molecule has 0 radical (unpaired) electrons. The van der Waals surface area contributed by atoms with Crippen LogP contribution in [0.25, 0.3) is 5.82 Å². The predicted octanol–water partition coefficient (Wildman–Crippen LogP) is 2.25. The molecular weight excluding hydrogens is 376 g/mol. The number of rotatable bonds is 5. The van der Waals surface area contributed by atoms with Gasteiger partial charge in [-0.25, -0.2) is 18.1 Å². The van der Waals surface area contributed by atoms with Gasteiger partial charge in [-0.1, -0.05) is 17.7 Å². The molecule has 3 rings (SSSR count). The molecule has 0 aliphatic carbocycles. The summed E-state index contributed by atoms with van der Waals surface area (Å²) in [5, 5.41) is 7.08. The molecule has 0 bridgehead atoms. The Bertz CT molecular complexity index is 1030. The minimum absolute atomic E-state index is 0.135. The molecular formula is C17H15ClN4O3S. The summed E-state index contributed by atoms with van der Waals surface area (Å²) in [5.74, 6) is 0.290. The number of carbonyl (C=O) groups excluding carboxylic acids is 1. The number of nitrogens with one attached hydrogen (secondary N) is 1. The lowest BCUT2D eigenvalue weighted by molar-refractivity contribution is 0.0950. The van der Waals surface area contributed by atoms with Gasteiger partial charge in [-0.05, 0) is 35.9 Å². The zero-order chi connectivity index (χ0) is 18.7. The van der Waals surface area contributed by atoms with E-state index in [2.05, 4.69) is 15.4 Å². The van der Waals surface area contributed by atoms with Crippen LogP contribution in [0.1, 0.15) is 15.9 Å². The molecule has 0 aliphatic heterocycles. The molecule has 0 saturated heterocycles. The lowest BCUT2D eigenvalue weighted by Gasteiger charge is -2.09. The molecule has 1 N–H and O–H groups in total. The van der Waals surface area contributed by atoms with Gasteiger partial charge < -0.3 is 5.32 Å². The Morgan fingerprint density at radius 3 is 2.65 bits per heavy atom. The average molecular weight is 391 g/mol.